The molecule has 3 rings (SSSR count). The summed E-state index contributed by atoms with van der Waals surface area (Å²) in [4.78, 5) is 7.29. The van der Waals surface area contributed by atoms with Crippen LogP contribution in [0, 0.1) is 0 Å². The molecule has 1 heterocycles. The van der Waals surface area contributed by atoms with E-state index in [1.165, 1.54) is 18.4 Å². The molecule has 0 bridgehead atoms. The van der Waals surface area contributed by atoms with Crippen LogP contribution in [0.1, 0.15) is 32.6 Å². The summed E-state index contributed by atoms with van der Waals surface area (Å²) in [7, 11) is 2.11. The summed E-state index contributed by atoms with van der Waals surface area (Å²) in [5.41, 5.74) is 8.31. The Kier molecular flexibility index (Phi) is 3.66. The minimum absolute atomic E-state index is 0.394. The van der Waals surface area contributed by atoms with Crippen molar-refractivity contribution < 1.29 is 0 Å². The Labute approximate surface area is 120 Å². The maximum Gasteiger partial charge on any atom is 0.206 e. The number of nitrogens with zero attached hydrogens (tertiary/aromatic N) is 3. The Morgan fingerprint density at radius 2 is 1.95 bits per heavy atom. The minimum atomic E-state index is 0.394. The maximum atomic E-state index is 6.03. The molecule has 2 N–H and O–H groups in total. The van der Waals surface area contributed by atoms with E-state index in [2.05, 4.69) is 47.7 Å². The van der Waals surface area contributed by atoms with Gasteiger partial charge in [-0.05, 0) is 44.7 Å². The van der Waals surface area contributed by atoms with Crippen molar-refractivity contribution in [2.75, 3.05) is 11.4 Å². The van der Waals surface area contributed by atoms with E-state index in [1.54, 1.807) is 0 Å². The Bertz CT molecular complexity index is 581. The first-order valence-corrected chi connectivity index (χ1v) is 7.64. The van der Waals surface area contributed by atoms with Gasteiger partial charge in [0.15, 0.2) is 0 Å². The first-order valence-electron chi connectivity index (χ1n) is 7.64. The van der Waals surface area contributed by atoms with Gasteiger partial charge in [-0.1, -0.05) is 12.1 Å². The molecule has 4 nitrogen and oxygen atoms in total. The topological polar surface area (TPSA) is 47.1 Å². The van der Waals surface area contributed by atoms with Gasteiger partial charge in [0.05, 0.1) is 11.0 Å². The highest BCUT2D eigenvalue weighted by molar-refractivity contribution is 5.78. The smallest absolute Gasteiger partial charge is 0.206 e. The molecule has 1 aromatic heterocycles. The molecule has 0 aliphatic heterocycles. The summed E-state index contributed by atoms with van der Waals surface area (Å²) in [5.74, 6) is 1.09. The van der Waals surface area contributed by atoms with E-state index in [1.807, 2.05) is 0 Å². The highest BCUT2D eigenvalue weighted by Gasteiger charge is 2.26. The molecule has 4 heteroatoms. The normalized spacial score (nSPS) is 23.1. The summed E-state index contributed by atoms with van der Waals surface area (Å²) in [6.07, 6.45) is 4.62. The molecule has 20 heavy (non-hydrogen) atoms. The highest BCUT2D eigenvalue weighted by atomic mass is 15.3. The fourth-order valence-electron chi connectivity index (χ4n) is 3.37. The predicted octanol–water partition coefficient (Wildman–Crippen LogP) is 2.67. The molecule has 1 aliphatic carbocycles. The molecule has 1 aliphatic rings. The number of hydrogen-bond donors (Lipinski definition) is 1. The second-order valence-corrected chi connectivity index (χ2v) is 5.81. The molecule has 1 aromatic carbocycles. The molecule has 1 saturated carbocycles. The largest absolute Gasteiger partial charge is 0.340 e. The summed E-state index contributed by atoms with van der Waals surface area (Å²) < 4.78 is 2.22. The maximum absolute atomic E-state index is 6.03. The van der Waals surface area contributed by atoms with Gasteiger partial charge < -0.3 is 15.2 Å². The van der Waals surface area contributed by atoms with Crippen LogP contribution in [0.2, 0.25) is 0 Å². The van der Waals surface area contributed by atoms with Crippen LogP contribution in [0.5, 0.6) is 0 Å². The van der Waals surface area contributed by atoms with Crippen molar-refractivity contribution >= 4 is 17.0 Å². The van der Waals surface area contributed by atoms with E-state index in [-0.39, 0.29) is 0 Å². The van der Waals surface area contributed by atoms with Gasteiger partial charge in [0.25, 0.3) is 0 Å². The first kappa shape index (κ1) is 13.4. The first-order chi connectivity index (χ1) is 9.70. The monoisotopic (exact) mass is 272 g/mol. The van der Waals surface area contributed by atoms with Crippen LogP contribution < -0.4 is 10.6 Å². The lowest BCUT2D eigenvalue weighted by atomic mass is 9.91. The van der Waals surface area contributed by atoms with Gasteiger partial charge in [-0.2, -0.15) is 0 Å². The second-order valence-electron chi connectivity index (χ2n) is 5.81. The number of imidazole rings is 1. The molecule has 1 fully saturated rings. The Morgan fingerprint density at radius 3 is 2.60 bits per heavy atom. The average Bonchev–Trinajstić information content (AvgIpc) is 2.80. The van der Waals surface area contributed by atoms with Gasteiger partial charge in [0.2, 0.25) is 5.95 Å². The fraction of sp³-hybridized carbons (Fsp3) is 0.562. The molecular weight excluding hydrogens is 248 g/mol. The molecular formula is C16H24N4. The summed E-state index contributed by atoms with van der Waals surface area (Å²) >= 11 is 0. The number of benzene rings is 1. The van der Waals surface area contributed by atoms with Crippen LogP contribution >= 0.6 is 0 Å². The Balaban J connectivity index is 1.93. The molecule has 0 atom stereocenters. The lowest BCUT2D eigenvalue weighted by Gasteiger charge is -2.36. The lowest BCUT2D eigenvalue weighted by molar-refractivity contribution is 0.374. The van der Waals surface area contributed by atoms with Crippen LogP contribution in [-0.4, -0.2) is 28.2 Å². The zero-order valence-electron chi connectivity index (χ0n) is 12.4. The van der Waals surface area contributed by atoms with Gasteiger partial charge in [-0.3, -0.25) is 0 Å². The molecule has 0 unspecified atom stereocenters. The van der Waals surface area contributed by atoms with Crippen molar-refractivity contribution in [3.63, 3.8) is 0 Å². The van der Waals surface area contributed by atoms with Crippen molar-refractivity contribution in [1.29, 1.82) is 0 Å². The SMILES string of the molecule is CCN(c1nc2ccccc2n1C)C1CCC(N)CC1. The van der Waals surface area contributed by atoms with E-state index in [0.717, 1.165) is 30.9 Å². The van der Waals surface area contributed by atoms with Gasteiger partial charge in [0.1, 0.15) is 0 Å². The van der Waals surface area contributed by atoms with Crippen molar-refractivity contribution in [2.45, 2.75) is 44.7 Å². The molecule has 108 valence electrons. The lowest BCUT2D eigenvalue weighted by Crippen LogP contribution is -2.42. The van der Waals surface area contributed by atoms with E-state index in [9.17, 15) is 0 Å². The molecule has 0 amide bonds. The zero-order chi connectivity index (χ0) is 14.1. The predicted molar refractivity (Wildman–Crippen MR) is 84.0 cm³/mol. The van der Waals surface area contributed by atoms with Crippen molar-refractivity contribution in [3.05, 3.63) is 24.3 Å². The summed E-state index contributed by atoms with van der Waals surface area (Å²) in [5, 5.41) is 0. The average molecular weight is 272 g/mol. The number of para-hydroxylation sites is 2. The third-order valence-corrected chi connectivity index (χ3v) is 4.54. The molecule has 0 saturated heterocycles. The van der Waals surface area contributed by atoms with Gasteiger partial charge in [-0.15, -0.1) is 0 Å². The number of hydrogen-bond acceptors (Lipinski definition) is 3. The van der Waals surface area contributed by atoms with Crippen molar-refractivity contribution in [3.8, 4) is 0 Å². The van der Waals surface area contributed by atoms with Gasteiger partial charge >= 0.3 is 0 Å². The van der Waals surface area contributed by atoms with Crippen LogP contribution in [0.15, 0.2) is 24.3 Å². The summed E-state index contributed by atoms with van der Waals surface area (Å²) in [6.45, 7) is 3.21. The molecule has 0 radical (unpaired) electrons. The Morgan fingerprint density at radius 1 is 1.25 bits per heavy atom. The molecule has 0 spiro atoms. The standard InChI is InChI=1S/C16H24N4/c1-3-20(13-10-8-12(17)9-11-13)16-18-14-6-4-5-7-15(14)19(16)2/h4-7,12-13H,3,8-11,17H2,1-2H3. The van der Waals surface area contributed by atoms with Crippen LogP contribution in [0.4, 0.5) is 5.95 Å². The number of anilines is 1. The van der Waals surface area contributed by atoms with Gasteiger partial charge in [0, 0.05) is 25.7 Å². The fourth-order valence-corrected chi connectivity index (χ4v) is 3.37. The number of fused-ring (bicyclic) bond motifs is 1. The number of nitrogens with two attached hydrogens (primary N) is 1. The van der Waals surface area contributed by atoms with Crippen LogP contribution in [0.3, 0.4) is 0 Å². The zero-order valence-corrected chi connectivity index (χ0v) is 12.4. The minimum Gasteiger partial charge on any atom is -0.340 e. The van der Waals surface area contributed by atoms with E-state index < -0.39 is 0 Å². The van der Waals surface area contributed by atoms with Gasteiger partial charge in [-0.25, -0.2) is 4.98 Å². The van der Waals surface area contributed by atoms with Crippen LogP contribution in [0.25, 0.3) is 11.0 Å². The third kappa shape index (κ3) is 2.29. The quantitative estimate of drug-likeness (QED) is 0.934. The number of aryl methyl sites for hydroxylation is 1. The van der Waals surface area contributed by atoms with Crippen molar-refractivity contribution in [2.24, 2.45) is 12.8 Å². The second kappa shape index (κ2) is 5.44. The third-order valence-electron chi connectivity index (χ3n) is 4.54. The molecule has 2 aromatic rings. The van der Waals surface area contributed by atoms with Crippen molar-refractivity contribution in [1.82, 2.24) is 9.55 Å². The van der Waals surface area contributed by atoms with E-state index in [0.29, 0.717) is 12.1 Å². The summed E-state index contributed by atoms with van der Waals surface area (Å²) in [6, 6.07) is 9.32. The number of aromatic nitrogens is 2. The number of rotatable bonds is 3. The van der Waals surface area contributed by atoms with E-state index >= 15 is 0 Å². The highest BCUT2D eigenvalue weighted by Crippen LogP contribution is 2.28. The van der Waals surface area contributed by atoms with E-state index in [4.69, 9.17) is 10.7 Å². The Hall–Kier alpha value is -1.55. The van der Waals surface area contributed by atoms with Crippen LogP contribution in [-0.2, 0) is 7.05 Å².